The number of hydrogen-bond donors (Lipinski definition) is 1. The average Bonchev–Trinajstić information content (AvgIpc) is 2.51. The van der Waals surface area contributed by atoms with E-state index in [9.17, 15) is 0 Å². The molecule has 0 amide bonds. The van der Waals surface area contributed by atoms with Crippen LogP contribution in [0.1, 0.15) is 19.1 Å². The van der Waals surface area contributed by atoms with E-state index in [2.05, 4.69) is 6.58 Å². The van der Waals surface area contributed by atoms with Crippen LogP contribution in [0.2, 0.25) is 0 Å². The summed E-state index contributed by atoms with van der Waals surface area (Å²) in [7, 11) is 0. The van der Waals surface area contributed by atoms with Gasteiger partial charge in [0, 0.05) is 12.5 Å². The average molecular weight is 165 g/mol. The van der Waals surface area contributed by atoms with Crippen molar-refractivity contribution in [3.63, 3.8) is 0 Å². The van der Waals surface area contributed by atoms with Crippen LogP contribution < -0.4 is 5.73 Å². The van der Waals surface area contributed by atoms with Gasteiger partial charge in [0.25, 0.3) is 0 Å². The minimum Gasteiger partial charge on any atom is -0.469 e. The second-order valence-electron chi connectivity index (χ2n) is 3.07. The molecule has 12 heavy (non-hydrogen) atoms. The Morgan fingerprint density at radius 2 is 2.50 bits per heavy atom. The predicted octanol–water partition coefficient (Wildman–Crippen LogP) is 2.12. The van der Waals surface area contributed by atoms with Crippen molar-refractivity contribution >= 4 is 0 Å². The van der Waals surface area contributed by atoms with Crippen molar-refractivity contribution in [2.45, 2.75) is 25.8 Å². The number of hydrogen-bond acceptors (Lipinski definition) is 2. The molecule has 0 spiro atoms. The highest BCUT2D eigenvalue weighted by Crippen LogP contribution is 2.07. The Hall–Kier alpha value is -1.02. The number of nitrogens with two attached hydrogens (primary N) is 1. The number of aryl methyl sites for hydroxylation is 1. The van der Waals surface area contributed by atoms with Crippen LogP contribution in [0.25, 0.3) is 0 Å². The predicted molar refractivity (Wildman–Crippen MR) is 49.8 cm³/mol. The first-order chi connectivity index (χ1) is 5.70. The Labute approximate surface area is 73.1 Å². The van der Waals surface area contributed by atoms with Gasteiger partial charge in [-0.3, -0.25) is 0 Å². The molecule has 0 saturated carbocycles. The van der Waals surface area contributed by atoms with Gasteiger partial charge in [-0.25, -0.2) is 0 Å². The third-order valence-electron chi connectivity index (χ3n) is 1.91. The Morgan fingerprint density at radius 3 is 3.00 bits per heavy atom. The number of furan rings is 1. The molecule has 2 nitrogen and oxygen atoms in total. The maximum Gasteiger partial charge on any atom is 0.103 e. The van der Waals surface area contributed by atoms with Crippen molar-refractivity contribution in [2.24, 2.45) is 5.73 Å². The van der Waals surface area contributed by atoms with E-state index in [-0.39, 0.29) is 6.04 Å². The Bertz CT molecular complexity index is 238. The highest BCUT2D eigenvalue weighted by atomic mass is 16.3. The molecule has 0 radical (unpaired) electrons. The largest absolute Gasteiger partial charge is 0.469 e. The van der Waals surface area contributed by atoms with Crippen LogP contribution >= 0.6 is 0 Å². The molecule has 1 rings (SSSR count). The summed E-state index contributed by atoms with van der Waals surface area (Å²) in [5.74, 6) is 0.992. The summed E-state index contributed by atoms with van der Waals surface area (Å²) in [6, 6.07) is 3.95. The zero-order valence-electron chi connectivity index (χ0n) is 7.42. The quantitative estimate of drug-likeness (QED) is 0.694. The summed E-state index contributed by atoms with van der Waals surface area (Å²) in [4.78, 5) is 0. The van der Waals surface area contributed by atoms with Gasteiger partial charge in [-0.1, -0.05) is 12.2 Å². The van der Waals surface area contributed by atoms with Crippen molar-refractivity contribution in [2.75, 3.05) is 0 Å². The Kier molecular flexibility index (Phi) is 3.11. The maximum absolute atomic E-state index is 5.79. The minimum atomic E-state index is 0.0927. The van der Waals surface area contributed by atoms with E-state index >= 15 is 0 Å². The van der Waals surface area contributed by atoms with Gasteiger partial charge < -0.3 is 10.2 Å². The minimum absolute atomic E-state index is 0.0927. The molecular formula is C10H15NO. The zero-order valence-corrected chi connectivity index (χ0v) is 7.42. The first-order valence-electron chi connectivity index (χ1n) is 4.13. The summed E-state index contributed by atoms with van der Waals surface area (Å²) >= 11 is 0. The van der Waals surface area contributed by atoms with Gasteiger partial charge in [-0.2, -0.15) is 0 Å². The maximum atomic E-state index is 5.79. The molecular weight excluding hydrogens is 150 g/mol. The molecule has 1 aromatic rings. The summed E-state index contributed by atoms with van der Waals surface area (Å²) in [5.41, 5.74) is 6.82. The summed E-state index contributed by atoms with van der Waals surface area (Å²) in [6.45, 7) is 5.75. The van der Waals surface area contributed by atoms with Gasteiger partial charge in [0.15, 0.2) is 0 Å². The normalized spacial score (nSPS) is 12.8. The number of rotatable bonds is 4. The van der Waals surface area contributed by atoms with Crippen LogP contribution in [0.15, 0.2) is 35.0 Å². The van der Waals surface area contributed by atoms with E-state index in [0.29, 0.717) is 0 Å². The van der Waals surface area contributed by atoms with Crippen LogP contribution in [-0.2, 0) is 6.42 Å². The zero-order chi connectivity index (χ0) is 8.97. The lowest BCUT2D eigenvalue weighted by atomic mass is 10.1. The first-order valence-corrected chi connectivity index (χ1v) is 4.13. The van der Waals surface area contributed by atoms with E-state index in [4.69, 9.17) is 10.2 Å². The summed E-state index contributed by atoms with van der Waals surface area (Å²) in [6.07, 6.45) is 3.48. The third-order valence-corrected chi connectivity index (χ3v) is 1.91. The molecule has 1 aromatic heterocycles. The van der Waals surface area contributed by atoms with Gasteiger partial charge in [0.2, 0.25) is 0 Å². The molecule has 0 aliphatic carbocycles. The lowest BCUT2D eigenvalue weighted by molar-refractivity contribution is 0.494. The van der Waals surface area contributed by atoms with Crippen molar-refractivity contribution in [3.8, 4) is 0 Å². The second kappa shape index (κ2) is 4.12. The molecule has 66 valence electrons. The van der Waals surface area contributed by atoms with Gasteiger partial charge in [-0.05, 0) is 25.5 Å². The van der Waals surface area contributed by atoms with Crippen molar-refractivity contribution < 1.29 is 4.42 Å². The van der Waals surface area contributed by atoms with Crippen LogP contribution in [0, 0.1) is 0 Å². The Morgan fingerprint density at radius 1 is 1.75 bits per heavy atom. The van der Waals surface area contributed by atoms with Crippen molar-refractivity contribution in [1.29, 1.82) is 0 Å². The molecule has 0 aliphatic rings. The molecule has 1 unspecified atom stereocenters. The highest BCUT2D eigenvalue weighted by Gasteiger charge is 2.03. The van der Waals surface area contributed by atoms with Crippen LogP contribution in [-0.4, -0.2) is 6.04 Å². The SMILES string of the molecule is C=C(C)C(N)CCc1ccco1. The topological polar surface area (TPSA) is 39.2 Å². The lowest BCUT2D eigenvalue weighted by Gasteiger charge is -2.08. The van der Waals surface area contributed by atoms with E-state index < -0.39 is 0 Å². The lowest BCUT2D eigenvalue weighted by Crippen LogP contribution is -2.21. The monoisotopic (exact) mass is 165 g/mol. The first kappa shape index (κ1) is 9.07. The fourth-order valence-corrected chi connectivity index (χ4v) is 0.999. The Balaban J connectivity index is 2.31. The smallest absolute Gasteiger partial charge is 0.103 e. The summed E-state index contributed by atoms with van der Waals surface area (Å²) in [5, 5.41) is 0. The molecule has 1 atom stereocenters. The summed E-state index contributed by atoms with van der Waals surface area (Å²) < 4.78 is 5.18. The van der Waals surface area contributed by atoms with Crippen LogP contribution in [0.3, 0.4) is 0 Å². The highest BCUT2D eigenvalue weighted by molar-refractivity contribution is 5.03. The van der Waals surface area contributed by atoms with E-state index in [1.807, 2.05) is 19.1 Å². The molecule has 0 bridgehead atoms. The van der Waals surface area contributed by atoms with Gasteiger partial charge in [0.05, 0.1) is 6.26 Å². The fourth-order valence-electron chi connectivity index (χ4n) is 0.999. The molecule has 0 fully saturated rings. The van der Waals surface area contributed by atoms with Gasteiger partial charge in [0.1, 0.15) is 5.76 Å². The fraction of sp³-hybridized carbons (Fsp3) is 0.400. The van der Waals surface area contributed by atoms with Crippen LogP contribution in [0.4, 0.5) is 0 Å². The second-order valence-corrected chi connectivity index (χ2v) is 3.07. The molecule has 0 saturated heterocycles. The van der Waals surface area contributed by atoms with E-state index in [1.54, 1.807) is 6.26 Å². The molecule has 2 N–H and O–H groups in total. The molecule has 2 heteroatoms. The third kappa shape index (κ3) is 2.55. The van der Waals surface area contributed by atoms with E-state index in [0.717, 1.165) is 24.2 Å². The van der Waals surface area contributed by atoms with Crippen molar-refractivity contribution in [3.05, 3.63) is 36.3 Å². The van der Waals surface area contributed by atoms with Gasteiger partial charge >= 0.3 is 0 Å². The van der Waals surface area contributed by atoms with Crippen LogP contribution in [0.5, 0.6) is 0 Å². The molecule has 0 aromatic carbocycles. The molecule has 0 aliphatic heterocycles. The standard InChI is InChI=1S/C10H15NO/c1-8(2)10(11)6-5-9-4-3-7-12-9/h3-4,7,10H,1,5-6,11H2,2H3. The molecule has 1 heterocycles. The van der Waals surface area contributed by atoms with Crippen molar-refractivity contribution in [1.82, 2.24) is 0 Å². The van der Waals surface area contributed by atoms with Gasteiger partial charge in [-0.15, -0.1) is 0 Å². The van der Waals surface area contributed by atoms with E-state index in [1.165, 1.54) is 0 Å².